The topological polar surface area (TPSA) is 88.8 Å². The highest BCUT2D eigenvalue weighted by atomic mass is 19.1. The van der Waals surface area contributed by atoms with Crippen LogP contribution >= 0.6 is 0 Å². The fourth-order valence-corrected chi connectivity index (χ4v) is 4.04. The fourth-order valence-electron chi connectivity index (χ4n) is 4.04. The zero-order valence-corrected chi connectivity index (χ0v) is 17.7. The first-order valence-electron chi connectivity index (χ1n) is 10.6. The number of nitrogens with one attached hydrogen (secondary N) is 2. The van der Waals surface area contributed by atoms with Crippen molar-refractivity contribution in [2.75, 3.05) is 26.2 Å². The number of Topliss-reactive ketones (excluding diaryl/α,β-unsaturated/α-hetero) is 1. The lowest BCUT2D eigenvalue weighted by molar-refractivity contribution is -0.117. The molecule has 1 unspecified atom stereocenters. The molecule has 0 aromatic heterocycles. The van der Waals surface area contributed by atoms with E-state index in [0.717, 1.165) is 37.3 Å². The summed E-state index contributed by atoms with van der Waals surface area (Å²) in [5.74, 6) is -0.315. The predicted octanol–water partition coefficient (Wildman–Crippen LogP) is 3.36. The fraction of sp³-hybridized carbons (Fsp3) is 0.522. The Morgan fingerprint density at radius 2 is 2.10 bits per heavy atom. The molecule has 7 heteroatoms. The van der Waals surface area contributed by atoms with Gasteiger partial charge in [0.15, 0.2) is 5.78 Å². The molecule has 0 amide bonds. The molecule has 1 aromatic rings. The van der Waals surface area contributed by atoms with Gasteiger partial charge in [-0.3, -0.25) is 9.69 Å². The van der Waals surface area contributed by atoms with Gasteiger partial charge in [-0.25, -0.2) is 9.92 Å². The standard InChI is InChI=1S/C23H31FN4O2/c1-15(2)18-12-19(23(30)13-22(18)29)21(27-25)6-4-16-3-5-17(20(24)11-16)14-28-9-7-26-8-10-28/h3,5,11-12,15,22,25-26,29H,4,6-10,13-14H2,1-2H3/b21-19-,27-25?. The molecule has 30 heavy (non-hydrogen) atoms. The van der Waals surface area contributed by atoms with E-state index in [0.29, 0.717) is 36.2 Å². The van der Waals surface area contributed by atoms with Crippen LogP contribution in [0.2, 0.25) is 0 Å². The Kier molecular flexibility index (Phi) is 7.64. The van der Waals surface area contributed by atoms with Gasteiger partial charge >= 0.3 is 0 Å². The van der Waals surface area contributed by atoms with Gasteiger partial charge in [0.1, 0.15) is 5.82 Å². The molecule has 0 radical (unpaired) electrons. The number of hydrogen-bond acceptors (Lipinski definition) is 6. The van der Waals surface area contributed by atoms with Crippen LogP contribution in [0, 0.1) is 17.3 Å². The lowest BCUT2D eigenvalue weighted by Gasteiger charge is -2.27. The molecule has 3 rings (SSSR count). The molecule has 1 fully saturated rings. The zero-order valence-electron chi connectivity index (χ0n) is 17.7. The van der Waals surface area contributed by atoms with Gasteiger partial charge < -0.3 is 10.4 Å². The first-order valence-corrected chi connectivity index (χ1v) is 10.6. The Bertz CT molecular complexity index is 857. The zero-order chi connectivity index (χ0) is 21.7. The minimum absolute atomic E-state index is 0.0215. The van der Waals surface area contributed by atoms with Crippen LogP contribution in [-0.4, -0.2) is 48.1 Å². The maximum absolute atomic E-state index is 14.6. The van der Waals surface area contributed by atoms with Crippen molar-refractivity contribution in [2.45, 2.75) is 45.8 Å². The number of ketones is 1. The number of hydrogen-bond donors (Lipinski definition) is 3. The largest absolute Gasteiger partial charge is 0.388 e. The van der Waals surface area contributed by atoms with E-state index < -0.39 is 6.10 Å². The van der Waals surface area contributed by atoms with E-state index in [1.165, 1.54) is 0 Å². The van der Waals surface area contributed by atoms with Gasteiger partial charge in [-0.2, -0.15) is 5.11 Å². The van der Waals surface area contributed by atoms with Crippen molar-refractivity contribution >= 4 is 5.78 Å². The highest BCUT2D eigenvalue weighted by Gasteiger charge is 2.27. The van der Waals surface area contributed by atoms with E-state index in [4.69, 9.17) is 5.53 Å². The Morgan fingerprint density at radius 1 is 1.37 bits per heavy atom. The number of carbonyl (C=O) groups is 1. The Labute approximate surface area is 177 Å². The van der Waals surface area contributed by atoms with Gasteiger partial charge in [0.05, 0.1) is 11.8 Å². The monoisotopic (exact) mass is 414 g/mol. The summed E-state index contributed by atoms with van der Waals surface area (Å²) in [4.78, 5) is 14.6. The van der Waals surface area contributed by atoms with Crippen molar-refractivity contribution in [1.82, 2.24) is 10.2 Å². The van der Waals surface area contributed by atoms with Crippen LogP contribution in [0.4, 0.5) is 4.39 Å². The van der Waals surface area contributed by atoms with Crippen molar-refractivity contribution in [3.63, 3.8) is 0 Å². The Balaban J connectivity index is 1.71. The predicted molar refractivity (Wildman–Crippen MR) is 114 cm³/mol. The van der Waals surface area contributed by atoms with Gasteiger partial charge in [-0.15, -0.1) is 0 Å². The molecular weight excluding hydrogens is 383 g/mol. The van der Waals surface area contributed by atoms with Gasteiger partial charge in [-0.1, -0.05) is 26.0 Å². The van der Waals surface area contributed by atoms with Gasteiger partial charge in [0.2, 0.25) is 0 Å². The maximum Gasteiger partial charge on any atom is 0.167 e. The number of benzene rings is 1. The van der Waals surface area contributed by atoms with Gasteiger partial charge in [0, 0.05) is 50.3 Å². The third-order valence-corrected chi connectivity index (χ3v) is 5.86. The van der Waals surface area contributed by atoms with Crippen LogP contribution in [0.3, 0.4) is 0 Å². The molecule has 3 N–H and O–H groups in total. The number of allylic oxidation sites excluding steroid dienone is 3. The molecule has 0 spiro atoms. The smallest absolute Gasteiger partial charge is 0.167 e. The lowest BCUT2D eigenvalue weighted by Crippen LogP contribution is -2.43. The summed E-state index contributed by atoms with van der Waals surface area (Å²) in [6.07, 6.45) is 1.80. The molecule has 6 nitrogen and oxygen atoms in total. The highest BCUT2D eigenvalue weighted by molar-refractivity contribution is 6.00. The third kappa shape index (κ3) is 5.47. The summed E-state index contributed by atoms with van der Waals surface area (Å²) in [7, 11) is 0. The van der Waals surface area contributed by atoms with Crippen LogP contribution in [0.5, 0.6) is 0 Å². The minimum Gasteiger partial charge on any atom is -0.388 e. The average molecular weight is 415 g/mol. The quantitative estimate of drug-likeness (QED) is 0.471. The normalized spacial score (nSPS) is 22.2. The molecule has 0 bridgehead atoms. The van der Waals surface area contributed by atoms with Crippen molar-refractivity contribution < 1.29 is 14.3 Å². The third-order valence-electron chi connectivity index (χ3n) is 5.86. The Hall–Kier alpha value is -2.22. The molecule has 0 saturated carbocycles. The molecule has 1 aliphatic carbocycles. The SMILES string of the molecule is CC(C)C1=C/C(=C(\CCc2ccc(CN3CCNCC3)c(F)c2)N=N)C(=O)CC1O. The molecule has 1 saturated heterocycles. The number of aliphatic hydroxyl groups is 1. The van der Waals surface area contributed by atoms with E-state index in [2.05, 4.69) is 15.3 Å². The van der Waals surface area contributed by atoms with Crippen molar-refractivity contribution in [3.8, 4) is 0 Å². The summed E-state index contributed by atoms with van der Waals surface area (Å²) >= 11 is 0. The Morgan fingerprint density at radius 3 is 2.73 bits per heavy atom. The summed E-state index contributed by atoms with van der Waals surface area (Å²) < 4.78 is 14.6. The maximum atomic E-state index is 14.6. The summed E-state index contributed by atoms with van der Waals surface area (Å²) in [5, 5.41) is 17.0. The first kappa shape index (κ1) is 22.5. The highest BCUT2D eigenvalue weighted by Crippen LogP contribution is 2.29. The molecule has 2 aliphatic rings. The average Bonchev–Trinajstić information content (AvgIpc) is 2.72. The summed E-state index contributed by atoms with van der Waals surface area (Å²) in [5.41, 5.74) is 10.6. The molecule has 162 valence electrons. The van der Waals surface area contributed by atoms with Crippen LogP contribution in [-0.2, 0) is 17.8 Å². The number of nitrogens with zero attached hydrogens (tertiary/aromatic N) is 2. The van der Waals surface area contributed by atoms with E-state index in [9.17, 15) is 14.3 Å². The lowest BCUT2D eigenvalue weighted by atomic mass is 9.84. The van der Waals surface area contributed by atoms with E-state index in [-0.39, 0.29) is 23.9 Å². The second-order valence-electron chi connectivity index (χ2n) is 8.37. The summed E-state index contributed by atoms with van der Waals surface area (Å²) in [6.45, 7) is 8.21. The second-order valence-corrected chi connectivity index (χ2v) is 8.37. The van der Waals surface area contributed by atoms with Crippen LogP contribution < -0.4 is 5.32 Å². The number of aryl methyl sites for hydroxylation is 1. The van der Waals surface area contributed by atoms with Crippen LogP contribution in [0.25, 0.3) is 0 Å². The molecular formula is C23H31FN4O2. The van der Waals surface area contributed by atoms with Crippen LogP contribution in [0.15, 0.2) is 46.2 Å². The molecule has 1 aromatic carbocycles. The van der Waals surface area contributed by atoms with Crippen molar-refractivity contribution in [3.05, 3.63) is 58.1 Å². The van der Waals surface area contributed by atoms with E-state index >= 15 is 0 Å². The van der Waals surface area contributed by atoms with E-state index in [1.54, 1.807) is 12.1 Å². The number of rotatable bonds is 7. The molecule has 1 heterocycles. The van der Waals surface area contributed by atoms with Crippen molar-refractivity contribution in [2.24, 2.45) is 11.0 Å². The number of halogens is 1. The molecule has 1 atom stereocenters. The van der Waals surface area contributed by atoms with Crippen LogP contribution in [0.1, 0.15) is 37.8 Å². The van der Waals surface area contributed by atoms with E-state index in [1.807, 2.05) is 26.0 Å². The number of carbonyl (C=O) groups excluding carboxylic acids is 1. The van der Waals surface area contributed by atoms with Gasteiger partial charge in [-0.05, 0) is 42.0 Å². The molecule has 1 aliphatic heterocycles. The number of aliphatic hydroxyl groups excluding tert-OH is 1. The van der Waals surface area contributed by atoms with Gasteiger partial charge in [0.25, 0.3) is 0 Å². The van der Waals surface area contributed by atoms with Crippen molar-refractivity contribution in [1.29, 1.82) is 5.53 Å². The first-order chi connectivity index (χ1) is 14.4. The summed E-state index contributed by atoms with van der Waals surface area (Å²) in [6, 6.07) is 5.29. The second kappa shape index (κ2) is 10.2. The minimum atomic E-state index is -0.773. The number of piperazine rings is 1.